The number of furan rings is 1. The van der Waals surface area contributed by atoms with Crippen LogP contribution in [-0.4, -0.2) is 27.1 Å². The second-order valence-electron chi connectivity index (χ2n) is 4.72. The Bertz CT molecular complexity index is 716. The van der Waals surface area contributed by atoms with Gasteiger partial charge >= 0.3 is 0 Å². The van der Waals surface area contributed by atoms with Crippen molar-refractivity contribution in [3.05, 3.63) is 57.1 Å². The Morgan fingerprint density at radius 3 is 2.95 bits per heavy atom. The molecule has 1 atom stereocenters. The Morgan fingerprint density at radius 2 is 2.36 bits per heavy atom. The number of carbonyl (C=O) groups is 1. The normalized spacial score (nSPS) is 13.7. The fourth-order valence-corrected chi connectivity index (χ4v) is 3.49. The number of aryl methyl sites for hydroxylation is 1. The van der Waals surface area contributed by atoms with Crippen molar-refractivity contribution in [3.8, 4) is 0 Å². The number of rotatable bonds is 5. The highest BCUT2D eigenvalue weighted by molar-refractivity contribution is 7.10. The van der Waals surface area contributed by atoms with E-state index < -0.39 is 5.60 Å². The van der Waals surface area contributed by atoms with Gasteiger partial charge in [-0.3, -0.25) is 4.79 Å². The van der Waals surface area contributed by atoms with Crippen LogP contribution in [-0.2, 0) is 5.60 Å². The van der Waals surface area contributed by atoms with Crippen LogP contribution in [0.25, 0.3) is 0 Å². The summed E-state index contributed by atoms with van der Waals surface area (Å²) in [4.78, 5) is 13.4. The van der Waals surface area contributed by atoms with Crippen molar-refractivity contribution in [1.82, 2.24) is 14.9 Å². The summed E-state index contributed by atoms with van der Waals surface area (Å²) >= 11 is 2.45. The van der Waals surface area contributed by atoms with E-state index in [1.165, 1.54) is 23.9 Å². The van der Waals surface area contributed by atoms with Crippen molar-refractivity contribution in [3.63, 3.8) is 0 Å². The Morgan fingerprint density at radius 1 is 1.50 bits per heavy atom. The second kappa shape index (κ2) is 5.99. The fourth-order valence-electron chi connectivity index (χ4n) is 2.07. The van der Waals surface area contributed by atoms with Gasteiger partial charge in [0.1, 0.15) is 10.5 Å². The first-order valence-corrected chi connectivity index (χ1v) is 8.13. The number of amides is 1. The summed E-state index contributed by atoms with van der Waals surface area (Å²) in [7, 11) is 0. The monoisotopic (exact) mass is 335 g/mol. The molecular formula is C14H13N3O3S2. The van der Waals surface area contributed by atoms with Crippen molar-refractivity contribution in [2.45, 2.75) is 12.5 Å². The molecule has 0 saturated heterocycles. The van der Waals surface area contributed by atoms with Gasteiger partial charge in [0.05, 0.1) is 24.8 Å². The van der Waals surface area contributed by atoms with E-state index >= 15 is 0 Å². The van der Waals surface area contributed by atoms with Crippen LogP contribution in [0.1, 0.15) is 25.8 Å². The van der Waals surface area contributed by atoms with Crippen molar-refractivity contribution >= 4 is 28.8 Å². The molecule has 1 unspecified atom stereocenters. The smallest absolute Gasteiger partial charge is 0.265 e. The minimum atomic E-state index is -1.33. The van der Waals surface area contributed by atoms with Gasteiger partial charge in [-0.15, -0.1) is 16.4 Å². The Labute approximate surface area is 134 Å². The SMILES string of the molecule is Cc1nnsc1C(=O)NCC(O)(c1ccoc1)c1cccs1. The molecule has 0 aromatic carbocycles. The number of nitrogens with zero attached hydrogens (tertiary/aromatic N) is 2. The summed E-state index contributed by atoms with van der Waals surface area (Å²) in [6.45, 7) is 1.75. The molecule has 22 heavy (non-hydrogen) atoms. The van der Waals surface area contributed by atoms with Crippen LogP contribution < -0.4 is 5.32 Å². The lowest BCUT2D eigenvalue weighted by atomic mass is 9.94. The van der Waals surface area contributed by atoms with Gasteiger partial charge in [0, 0.05) is 10.4 Å². The minimum absolute atomic E-state index is 0.0310. The molecule has 6 nitrogen and oxygen atoms in total. The largest absolute Gasteiger partial charge is 0.472 e. The second-order valence-corrected chi connectivity index (χ2v) is 6.42. The topological polar surface area (TPSA) is 88.2 Å². The maximum absolute atomic E-state index is 12.2. The highest BCUT2D eigenvalue weighted by atomic mass is 32.1. The van der Waals surface area contributed by atoms with E-state index in [4.69, 9.17) is 4.42 Å². The standard InChI is InChI=1S/C14H13N3O3S2/c1-9-12(22-17-16-9)13(18)15-8-14(19,10-4-5-20-7-10)11-3-2-6-21-11/h2-7,19H,8H2,1H3,(H,15,18). The van der Waals surface area contributed by atoms with E-state index in [0.717, 1.165) is 16.4 Å². The van der Waals surface area contributed by atoms with Crippen LogP contribution in [0.4, 0.5) is 0 Å². The van der Waals surface area contributed by atoms with Crippen molar-refractivity contribution in [2.24, 2.45) is 0 Å². The van der Waals surface area contributed by atoms with Crippen LogP contribution in [0.15, 0.2) is 40.5 Å². The maximum Gasteiger partial charge on any atom is 0.265 e. The number of carbonyl (C=O) groups excluding carboxylic acids is 1. The molecule has 3 aromatic rings. The number of nitrogens with one attached hydrogen (secondary N) is 1. The van der Waals surface area contributed by atoms with Gasteiger partial charge in [-0.25, -0.2) is 0 Å². The van der Waals surface area contributed by atoms with Crippen LogP contribution >= 0.6 is 22.9 Å². The molecule has 3 heterocycles. The number of thiophene rings is 1. The molecule has 2 N–H and O–H groups in total. The van der Waals surface area contributed by atoms with Crippen molar-refractivity contribution < 1.29 is 14.3 Å². The van der Waals surface area contributed by atoms with Gasteiger partial charge in [0.25, 0.3) is 5.91 Å². The molecule has 114 valence electrons. The third-order valence-corrected chi connectivity index (χ3v) is 5.14. The molecule has 0 aliphatic heterocycles. The average Bonchev–Trinajstić information content (AvgIpc) is 3.24. The molecule has 0 bridgehead atoms. The van der Waals surface area contributed by atoms with Gasteiger partial charge < -0.3 is 14.8 Å². The van der Waals surface area contributed by atoms with Crippen molar-refractivity contribution in [2.75, 3.05) is 6.54 Å². The Kier molecular flexibility index (Phi) is 4.06. The Balaban J connectivity index is 1.83. The average molecular weight is 335 g/mol. The molecule has 8 heteroatoms. The van der Waals surface area contributed by atoms with E-state index in [2.05, 4.69) is 14.9 Å². The highest BCUT2D eigenvalue weighted by Gasteiger charge is 2.34. The summed E-state index contributed by atoms with van der Waals surface area (Å²) in [5.41, 5.74) is -0.164. The van der Waals surface area contributed by atoms with Gasteiger partial charge in [-0.2, -0.15) is 0 Å². The van der Waals surface area contributed by atoms with Gasteiger partial charge in [-0.1, -0.05) is 10.6 Å². The van der Waals surface area contributed by atoms with E-state index in [1.807, 2.05) is 17.5 Å². The van der Waals surface area contributed by atoms with Gasteiger partial charge in [0.2, 0.25) is 0 Å². The number of aliphatic hydroxyl groups is 1. The highest BCUT2D eigenvalue weighted by Crippen LogP contribution is 2.32. The lowest BCUT2D eigenvalue weighted by molar-refractivity contribution is 0.0716. The molecule has 0 aliphatic rings. The van der Waals surface area contributed by atoms with Crippen LogP contribution in [0.3, 0.4) is 0 Å². The molecule has 0 saturated carbocycles. The molecular weight excluding hydrogens is 322 g/mol. The molecule has 0 radical (unpaired) electrons. The van der Waals surface area contributed by atoms with Crippen LogP contribution in [0.2, 0.25) is 0 Å². The van der Waals surface area contributed by atoms with Crippen molar-refractivity contribution in [1.29, 1.82) is 0 Å². The molecule has 3 aromatic heterocycles. The van der Waals surface area contributed by atoms with Crippen LogP contribution in [0, 0.1) is 6.92 Å². The molecule has 1 amide bonds. The minimum Gasteiger partial charge on any atom is -0.472 e. The van der Waals surface area contributed by atoms with E-state index in [-0.39, 0.29) is 12.5 Å². The lowest BCUT2D eigenvalue weighted by Gasteiger charge is -2.26. The maximum atomic E-state index is 12.2. The predicted octanol–water partition coefficient (Wildman–Crippen LogP) is 2.17. The predicted molar refractivity (Wildman–Crippen MR) is 83.0 cm³/mol. The van der Waals surface area contributed by atoms with Crippen LogP contribution in [0.5, 0.6) is 0 Å². The third-order valence-electron chi connectivity index (χ3n) is 3.29. The summed E-state index contributed by atoms with van der Waals surface area (Å²) in [5.74, 6) is -0.300. The zero-order chi connectivity index (χ0) is 15.6. The lowest BCUT2D eigenvalue weighted by Crippen LogP contribution is -2.40. The first-order chi connectivity index (χ1) is 10.6. The zero-order valence-electron chi connectivity index (χ0n) is 11.6. The van der Waals surface area contributed by atoms with E-state index in [1.54, 1.807) is 13.0 Å². The summed E-state index contributed by atoms with van der Waals surface area (Å²) < 4.78 is 8.81. The third kappa shape index (κ3) is 2.68. The number of hydrogen-bond donors (Lipinski definition) is 2. The summed E-state index contributed by atoms with van der Waals surface area (Å²) in [5, 5.41) is 19.5. The first kappa shape index (κ1) is 14.9. The van der Waals surface area contributed by atoms with Gasteiger partial charge in [-0.05, 0) is 36.0 Å². The molecule has 0 aliphatic carbocycles. The molecule has 3 rings (SSSR count). The summed E-state index contributed by atoms with van der Waals surface area (Å²) in [6.07, 6.45) is 2.97. The number of aromatic nitrogens is 2. The number of hydrogen-bond acceptors (Lipinski definition) is 7. The zero-order valence-corrected chi connectivity index (χ0v) is 13.3. The molecule has 0 fully saturated rings. The van der Waals surface area contributed by atoms with Gasteiger partial charge in [0.15, 0.2) is 0 Å². The quantitative estimate of drug-likeness (QED) is 0.746. The van der Waals surface area contributed by atoms with E-state index in [0.29, 0.717) is 16.1 Å². The fraction of sp³-hybridized carbons (Fsp3) is 0.214. The molecule has 0 spiro atoms. The first-order valence-electron chi connectivity index (χ1n) is 6.47. The Hall–Kier alpha value is -2.03. The van der Waals surface area contributed by atoms with E-state index in [9.17, 15) is 9.90 Å². The summed E-state index contributed by atoms with van der Waals surface area (Å²) in [6, 6.07) is 5.36.